The van der Waals surface area contributed by atoms with Crippen molar-refractivity contribution in [3.8, 4) is 5.75 Å². The van der Waals surface area contributed by atoms with Crippen LogP contribution in [0.25, 0.3) is 10.1 Å². The predicted molar refractivity (Wildman–Crippen MR) is 82.8 cm³/mol. The summed E-state index contributed by atoms with van der Waals surface area (Å²) in [6.07, 6.45) is 0. The number of ether oxygens (including phenoxy) is 1. The molecule has 0 saturated carbocycles. The number of carbonyl (C=O) groups is 1. The number of para-hydroxylation sites is 2. The van der Waals surface area contributed by atoms with Crippen LogP contribution in [0, 0.1) is 0 Å². The van der Waals surface area contributed by atoms with Gasteiger partial charge in [-0.25, -0.2) is 0 Å². The van der Waals surface area contributed by atoms with Gasteiger partial charge in [0.1, 0.15) is 5.75 Å². The van der Waals surface area contributed by atoms with Crippen LogP contribution in [0.1, 0.15) is 10.4 Å². The molecule has 0 spiro atoms. The normalized spacial score (nSPS) is 10.4. The van der Waals surface area contributed by atoms with Gasteiger partial charge in [-0.1, -0.05) is 30.3 Å². The van der Waals surface area contributed by atoms with Gasteiger partial charge in [0.15, 0.2) is 0 Å². The van der Waals surface area contributed by atoms with E-state index in [0.717, 1.165) is 10.1 Å². The molecular formula is C16H13NO2S. The van der Waals surface area contributed by atoms with Gasteiger partial charge in [0.05, 0.1) is 18.4 Å². The molecule has 0 unspecified atom stereocenters. The Kier molecular flexibility index (Phi) is 3.39. The van der Waals surface area contributed by atoms with Crippen molar-refractivity contribution in [2.45, 2.75) is 0 Å². The number of hydrogen-bond acceptors (Lipinski definition) is 3. The van der Waals surface area contributed by atoms with E-state index in [4.69, 9.17) is 4.74 Å². The zero-order valence-electron chi connectivity index (χ0n) is 10.9. The molecule has 3 nitrogen and oxygen atoms in total. The summed E-state index contributed by atoms with van der Waals surface area (Å²) in [5, 5.41) is 5.76. The molecule has 0 aliphatic rings. The van der Waals surface area contributed by atoms with E-state index in [1.807, 2.05) is 53.9 Å². The number of methoxy groups -OCH3 is 1. The fourth-order valence-corrected chi connectivity index (χ4v) is 3.03. The van der Waals surface area contributed by atoms with Gasteiger partial charge in [-0.15, -0.1) is 11.3 Å². The maximum absolute atomic E-state index is 12.4. The second-order valence-electron chi connectivity index (χ2n) is 4.30. The summed E-state index contributed by atoms with van der Waals surface area (Å²) < 4.78 is 6.35. The number of fused-ring (bicyclic) bond motifs is 1. The minimum absolute atomic E-state index is 0.119. The number of benzene rings is 2. The molecule has 1 amide bonds. The van der Waals surface area contributed by atoms with Crippen molar-refractivity contribution in [2.75, 3.05) is 12.4 Å². The van der Waals surface area contributed by atoms with Crippen LogP contribution >= 0.6 is 11.3 Å². The lowest BCUT2D eigenvalue weighted by Crippen LogP contribution is -2.11. The quantitative estimate of drug-likeness (QED) is 0.783. The summed E-state index contributed by atoms with van der Waals surface area (Å²) in [5.41, 5.74) is 1.37. The Labute approximate surface area is 120 Å². The number of thiophene rings is 1. The maximum atomic E-state index is 12.4. The van der Waals surface area contributed by atoms with Crippen molar-refractivity contribution in [2.24, 2.45) is 0 Å². The lowest BCUT2D eigenvalue weighted by molar-refractivity contribution is 0.102. The first-order valence-electron chi connectivity index (χ1n) is 6.20. The minimum atomic E-state index is -0.119. The molecule has 3 rings (SSSR count). The highest BCUT2D eigenvalue weighted by atomic mass is 32.1. The van der Waals surface area contributed by atoms with E-state index in [0.29, 0.717) is 17.0 Å². The Morgan fingerprint density at radius 3 is 2.70 bits per heavy atom. The number of anilines is 1. The SMILES string of the molecule is COc1ccccc1NC(=O)c1csc2ccccc12. The smallest absolute Gasteiger partial charge is 0.257 e. The summed E-state index contributed by atoms with van der Waals surface area (Å²) in [7, 11) is 1.59. The number of rotatable bonds is 3. The molecule has 100 valence electrons. The third-order valence-electron chi connectivity index (χ3n) is 3.08. The van der Waals surface area contributed by atoms with Crippen LogP contribution < -0.4 is 10.1 Å². The van der Waals surface area contributed by atoms with Gasteiger partial charge in [0.2, 0.25) is 0 Å². The Hall–Kier alpha value is -2.33. The van der Waals surface area contributed by atoms with Crippen molar-refractivity contribution >= 4 is 33.0 Å². The van der Waals surface area contributed by atoms with Crippen molar-refractivity contribution in [1.29, 1.82) is 0 Å². The topological polar surface area (TPSA) is 38.3 Å². The van der Waals surface area contributed by atoms with Crippen LogP contribution in [0.4, 0.5) is 5.69 Å². The lowest BCUT2D eigenvalue weighted by atomic mass is 10.1. The molecule has 3 aromatic rings. The number of carbonyl (C=O) groups excluding carboxylic acids is 1. The van der Waals surface area contributed by atoms with Crippen LogP contribution in [0.2, 0.25) is 0 Å². The monoisotopic (exact) mass is 283 g/mol. The molecule has 0 saturated heterocycles. The number of nitrogens with one attached hydrogen (secondary N) is 1. The molecule has 2 aromatic carbocycles. The first-order chi connectivity index (χ1) is 9.79. The van der Waals surface area contributed by atoms with Crippen molar-refractivity contribution in [3.05, 3.63) is 59.5 Å². The maximum Gasteiger partial charge on any atom is 0.257 e. The molecule has 1 aromatic heterocycles. The highest BCUT2D eigenvalue weighted by molar-refractivity contribution is 7.17. The zero-order chi connectivity index (χ0) is 13.9. The van der Waals surface area contributed by atoms with Crippen LogP contribution in [0.3, 0.4) is 0 Å². The van der Waals surface area contributed by atoms with Crippen LogP contribution in [-0.2, 0) is 0 Å². The van der Waals surface area contributed by atoms with Crippen LogP contribution in [0.15, 0.2) is 53.9 Å². The van der Waals surface area contributed by atoms with Gasteiger partial charge in [0, 0.05) is 15.5 Å². The van der Waals surface area contributed by atoms with Crippen molar-refractivity contribution < 1.29 is 9.53 Å². The van der Waals surface area contributed by atoms with Crippen molar-refractivity contribution in [3.63, 3.8) is 0 Å². The first kappa shape index (κ1) is 12.7. The van der Waals surface area contributed by atoms with E-state index in [2.05, 4.69) is 5.32 Å². The molecule has 0 bridgehead atoms. The predicted octanol–water partition coefficient (Wildman–Crippen LogP) is 4.16. The summed E-state index contributed by atoms with van der Waals surface area (Å²) in [4.78, 5) is 12.4. The Morgan fingerprint density at radius 1 is 1.10 bits per heavy atom. The molecule has 0 fully saturated rings. The van der Waals surface area contributed by atoms with E-state index < -0.39 is 0 Å². The van der Waals surface area contributed by atoms with Gasteiger partial charge in [-0.2, -0.15) is 0 Å². The third-order valence-corrected chi connectivity index (χ3v) is 4.04. The van der Waals surface area contributed by atoms with Gasteiger partial charge in [-0.05, 0) is 18.2 Å². The van der Waals surface area contributed by atoms with Crippen LogP contribution in [-0.4, -0.2) is 13.0 Å². The third kappa shape index (κ3) is 2.26. The number of hydrogen-bond donors (Lipinski definition) is 1. The standard InChI is InChI=1S/C16H13NO2S/c1-19-14-8-4-3-7-13(14)17-16(18)12-10-20-15-9-5-2-6-11(12)15/h2-10H,1H3,(H,17,18). The second-order valence-corrected chi connectivity index (χ2v) is 5.21. The minimum Gasteiger partial charge on any atom is -0.495 e. The largest absolute Gasteiger partial charge is 0.495 e. The fourth-order valence-electron chi connectivity index (χ4n) is 2.09. The second kappa shape index (κ2) is 5.35. The molecule has 0 radical (unpaired) electrons. The Balaban J connectivity index is 1.93. The fraction of sp³-hybridized carbons (Fsp3) is 0.0625. The summed E-state index contributed by atoms with van der Waals surface area (Å²) in [5.74, 6) is 0.535. The van der Waals surface area contributed by atoms with Gasteiger partial charge >= 0.3 is 0 Å². The van der Waals surface area contributed by atoms with Gasteiger partial charge in [-0.3, -0.25) is 4.79 Å². The first-order valence-corrected chi connectivity index (χ1v) is 7.08. The molecule has 0 atom stereocenters. The number of amides is 1. The average molecular weight is 283 g/mol. The molecule has 20 heavy (non-hydrogen) atoms. The van der Waals surface area contributed by atoms with Gasteiger partial charge in [0.25, 0.3) is 5.91 Å². The highest BCUT2D eigenvalue weighted by Crippen LogP contribution is 2.28. The lowest BCUT2D eigenvalue weighted by Gasteiger charge is -2.09. The summed E-state index contributed by atoms with van der Waals surface area (Å²) in [6, 6.07) is 15.3. The van der Waals surface area contributed by atoms with E-state index in [9.17, 15) is 4.79 Å². The molecule has 1 heterocycles. The molecule has 0 aliphatic heterocycles. The zero-order valence-corrected chi connectivity index (χ0v) is 11.7. The highest BCUT2D eigenvalue weighted by Gasteiger charge is 2.13. The van der Waals surface area contributed by atoms with E-state index >= 15 is 0 Å². The molecule has 0 aliphatic carbocycles. The van der Waals surface area contributed by atoms with E-state index in [1.54, 1.807) is 18.4 Å². The molecule has 4 heteroatoms. The van der Waals surface area contributed by atoms with E-state index in [-0.39, 0.29) is 5.91 Å². The summed E-state index contributed by atoms with van der Waals surface area (Å²) >= 11 is 1.57. The Morgan fingerprint density at radius 2 is 1.85 bits per heavy atom. The van der Waals surface area contributed by atoms with Crippen molar-refractivity contribution in [1.82, 2.24) is 0 Å². The van der Waals surface area contributed by atoms with Crippen LogP contribution in [0.5, 0.6) is 5.75 Å². The summed E-state index contributed by atoms with van der Waals surface area (Å²) in [6.45, 7) is 0. The Bertz CT molecular complexity index is 764. The molecule has 1 N–H and O–H groups in total. The molecular weight excluding hydrogens is 270 g/mol. The van der Waals surface area contributed by atoms with Gasteiger partial charge < -0.3 is 10.1 Å². The van der Waals surface area contributed by atoms with E-state index in [1.165, 1.54) is 0 Å². The average Bonchev–Trinajstić information content (AvgIpc) is 2.92.